The van der Waals surface area contributed by atoms with Crippen LogP contribution in [0, 0.1) is 5.82 Å². The minimum Gasteiger partial charge on any atom is -0.396 e. The summed E-state index contributed by atoms with van der Waals surface area (Å²) in [5, 5.41) is 14.2. The van der Waals surface area contributed by atoms with Crippen LogP contribution in [0.5, 0.6) is 0 Å². The molecule has 2 amide bonds. The molecule has 0 bridgehead atoms. The maximum absolute atomic E-state index is 13.7. The second-order valence-corrected chi connectivity index (χ2v) is 5.46. The molecule has 122 valence electrons. The van der Waals surface area contributed by atoms with Gasteiger partial charge in [-0.2, -0.15) is 0 Å². The van der Waals surface area contributed by atoms with E-state index in [0.29, 0.717) is 13.0 Å². The van der Waals surface area contributed by atoms with Crippen LogP contribution in [0.1, 0.15) is 17.9 Å². The van der Waals surface area contributed by atoms with E-state index in [4.69, 9.17) is 11.6 Å². The maximum atomic E-state index is 13.7. The number of anilines is 1. The fourth-order valence-corrected chi connectivity index (χ4v) is 2.42. The largest absolute Gasteiger partial charge is 0.396 e. The lowest BCUT2D eigenvalue weighted by molar-refractivity contribution is 0.248. The third kappa shape index (κ3) is 4.94. The van der Waals surface area contributed by atoms with Crippen molar-refractivity contribution >= 4 is 23.3 Å². The molecule has 0 aliphatic rings. The predicted octanol–water partition coefficient (Wildman–Crippen LogP) is 3.77. The highest BCUT2D eigenvalue weighted by Crippen LogP contribution is 2.22. The van der Waals surface area contributed by atoms with E-state index in [2.05, 4.69) is 10.6 Å². The van der Waals surface area contributed by atoms with E-state index in [1.54, 1.807) is 6.07 Å². The standard InChI is InChI=1S/C17H18ClFN2O2/c18-14-7-4-8-15(16(14)19)21-17(23)20-11-13(9-10-22)12-5-2-1-3-6-12/h1-8,13,22H,9-11H2,(H2,20,21,23). The molecule has 0 spiro atoms. The molecule has 23 heavy (non-hydrogen) atoms. The zero-order valence-electron chi connectivity index (χ0n) is 12.4. The Morgan fingerprint density at radius 2 is 1.91 bits per heavy atom. The van der Waals surface area contributed by atoms with Crippen LogP contribution >= 0.6 is 11.6 Å². The summed E-state index contributed by atoms with van der Waals surface area (Å²) in [6.07, 6.45) is 0.524. The van der Waals surface area contributed by atoms with Gasteiger partial charge in [0.1, 0.15) is 0 Å². The van der Waals surface area contributed by atoms with Gasteiger partial charge >= 0.3 is 6.03 Å². The van der Waals surface area contributed by atoms with Crippen LogP contribution in [0.2, 0.25) is 5.02 Å². The van der Waals surface area contributed by atoms with Crippen LogP contribution in [0.15, 0.2) is 48.5 Å². The van der Waals surface area contributed by atoms with E-state index in [-0.39, 0.29) is 23.2 Å². The molecule has 1 unspecified atom stereocenters. The van der Waals surface area contributed by atoms with Gasteiger partial charge in [0.15, 0.2) is 5.82 Å². The summed E-state index contributed by atoms with van der Waals surface area (Å²) in [7, 11) is 0. The molecule has 0 saturated carbocycles. The molecule has 2 aromatic carbocycles. The molecule has 0 aliphatic heterocycles. The van der Waals surface area contributed by atoms with E-state index in [9.17, 15) is 14.3 Å². The van der Waals surface area contributed by atoms with Crippen LogP contribution in [-0.2, 0) is 0 Å². The number of hydrogen-bond acceptors (Lipinski definition) is 2. The van der Waals surface area contributed by atoms with Gasteiger partial charge in [-0.05, 0) is 24.1 Å². The highest BCUT2D eigenvalue weighted by atomic mass is 35.5. The fraction of sp³-hybridized carbons (Fsp3) is 0.235. The Morgan fingerprint density at radius 1 is 1.17 bits per heavy atom. The Hall–Kier alpha value is -2.11. The molecule has 1 atom stereocenters. The van der Waals surface area contributed by atoms with Gasteiger partial charge in [-0.3, -0.25) is 0 Å². The molecule has 2 rings (SSSR count). The second kappa shape index (κ2) is 8.50. The van der Waals surface area contributed by atoms with Gasteiger partial charge in [-0.25, -0.2) is 9.18 Å². The molecule has 0 aliphatic carbocycles. The monoisotopic (exact) mass is 336 g/mol. The zero-order valence-corrected chi connectivity index (χ0v) is 13.2. The fourth-order valence-electron chi connectivity index (χ4n) is 2.25. The molecule has 0 aromatic heterocycles. The van der Waals surface area contributed by atoms with Crippen LogP contribution in [-0.4, -0.2) is 24.3 Å². The molecule has 3 N–H and O–H groups in total. The summed E-state index contributed by atoms with van der Waals surface area (Å²) in [6.45, 7) is 0.352. The molecule has 2 aromatic rings. The molecule has 0 fully saturated rings. The van der Waals surface area contributed by atoms with Crippen LogP contribution in [0.25, 0.3) is 0 Å². The van der Waals surface area contributed by atoms with Crippen molar-refractivity contribution in [2.24, 2.45) is 0 Å². The van der Waals surface area contributed by atoms with Crippen LogP contribution in [0.3, 0.4) is 0 Å². The number of amides is 2. The predicted molar refractivity (Wildman–Crippen MR) is 89.3 cm³/mol. The van der Waals surface area contributed by atoms with Gasteiger partial charge < -0.3 is 15.7 Å². The molecule has 0 radical (unpaired) electrons. The number of nitrogens with one attached hydrogen (secondary N) is 2. The van der Waals surface area contributed by atoms with Gasteiger partial charge in [-0.1, -0.05) is 48.0 Å². The normalized spacial score (nSPS) is 11.8. The summed E-state index contributed by atoms with van der Waals surface area (Å²) in [5.41, 5.74) is 1.05. The van der Waals surface area contributed by atoms with Gasteiger partial charge in [-0.15, -0.1) is 0 Å². The Bertz CT molecular complexity index is 652. The van der Waals surface area contributed by atoms with Gasteiger partial charge in [0, 0.05) is 19.1 Å². The van der Waals surface area contributed by atoms with Gasteiger partial charge in [0.25, 0.3) is 0 Å². The average Bonchev–Trinajstić information content (AvgIpc) is 2.56. The van der Waals surface area contributed by atoms with E-state index < -0.39 is 11.8 Å². The number of carbonyl (C=O) groups excluding carboxylic acids is 1. The first-order valence-electron chi connectivity index (χ1n) is 7.26. The quantitative estimate of drug-likeness (QED) is 0.752. The number of aliphatic hydroxyl groups is 1. The van der Waals surface area contributed by atoms with Crippen molar-refractivity contribution in [2.45, 2.75) is 12.3 Å². The lowest BCUT2D eigenvalue weighted by atomic mass is 9.96. The first-order chi connectivity index (χ1) is 11.1. The molecular formula is C17H18ClFN2O2. The van der Waals surface area contributed by atoms with E-state index >= 15 is 0 Å². The molecular weight excluding hydrogens is 319 g/mol. The number of halogens is 2. The lowest BCUT2D eigenvalue weighted by Crippen LogP contribution is -2.33. The summed E-state index contributed by atoms with van der Waals surface area (Å²) >= 11 is 5.67. The topological polar surface area (TPSA) is 61.4 Å². The van der Waals surface area contributed by atoms with Crippen molar-refractivity contribution in [1.82, 2.24) is 5.32 Å². The van der Waals surface area contributed by atoms with Crippen LogP contribution in [0.4, 0.5) is 14.9 Å². The first-order valence-corrected chi connectivity index (χ1v) is 7.64. The summed E-state index contributed by atoms with van der Waals surface area (Å²) in [6, 6.07) is 13.5. The molecule has 6 heteroatoms. The van der Waals surface area contributed by atoms with Crippen molar-refractivity contribution in [3.63, 3.8) is 0 Å². The Morgan fingerprint density at radius 3 is 2.61 bits per heavy atom. The number of hydrogen-bond donors (Lipinski definition) is 3. The van der Waals surface area contributed by atoms with Crippen molar-refractivity contribution in [1.29, 1.82) is 0 Å². The Labute approximate surface area is 139 Å². The third-order valence-electron chi connectivity index (χ3n) is 3.46. The Balaban J connectivity index is 1.95. The maximum Gasteiger partial charge on any atom is 0.319 e. The van der Waals surface area contributed by atoms with Crippen molar-refractivity contribution in [2.75, 3.05) is 18.5 Å². The van der Waals surface area contributed by atoms with E-state index in [1.807, 2.05) is 30.3 Å². The lowest BCUT2D eigenvalue weighted by Gasteiger charge is -2.17. The third-order valence-corrected chi connectivity index (χ3v) is 3.75. The molecule has 0 heterocycles. The van der Waals surface area contributed by atoms with Crippen molar-refractivity contribution in [3.05, 3.63) is 64.9 Å². The number of aliphatic hydroxyl groups excluding tert-OH is 1. The summed E-state index contributed by atoms with van der Waals surface area (Å²) < 4.78 is 13.7. The van der Waals surface area contributed by atoms with Gasteiger partial charge in [0.05, 0.1) is 10.7 Å². The smallest absolute Gasteiger partial charge is 0.319 e. The first kappa shape index (κ1) is 17.2. The minimum atomic E-state index is -0.667. The highest BCUT2D eigenvalue weighted by Gasteiger charge is 2.14. The highest BCUT2D eigenvalue weighted by molar-refractivity contribution is 6.31. The number of carbonyl (C=O) groups is 1. The number of urea groups is 1. The summed E-state index contributed by atoms with van der Waals surface area (Å²) in [5.74, 6) is -0.685. The van der Waals surface area contributed by atoms with Crippen molar-refractivity contribution < 1.29 is 14.3 Å². The molecule has 0 saturated heterocycles. The number of benzene rings is 2. The average molecular weight is 337 g/mol. The Kier molecular flexibility index (Phi) is 6.38. The second-order valence-electron chi connectivity index (χ2n) is 5.06. The van der Waals surface area contributed by atoms with Crippen LogP contribution < -0.4 is 10.6 Å². The van der Waals surface area contributed by atoms with E-state index in [1.165, 1.54) is 12.1 Å². The summed E-state index contributed by atoms with van der Waals surface area (Å²) in [4.78, 5) is 11.9. The zero-order chi connectivity index (χ0) is 16.7. The minimum absolute atomic E-state index is 0.0174. The number of rotatable bonds is 6. The van der Waals surface area contributed by atoms with Crippen molar-refractivity contribution in [3.8, 4) is 0 Å². The molecule has 4 nitrogen and oxygen atoms in total. The van der Waals surface area contributed by atoms with Gasteiger partial charge in [0.2, 0.25) is 0 Å². The SMILES string of the molecule is O=C(NCC(CCO)c1ccccc1)Nc1cccc(Cl)c1F. The van der Waals surface area contributed by atoms with E-state index in [0.717, 1.165) is 5.56 Å².